The predicted octanol–water partition coefficient (Wildman–Crippen LogP) is 7.99. The molecule has 0 bridgehead atoms. The third-order valence-corrected chi connectivity index (χ3v) is 7.61. The summed E-state index contributed by atoms with van der Waals surface area (Å²) in [6.45, 7) is 12.0. The van der Waals surface area contributed by atoms with Crippen LogP contribution in [-0.4, -0.2) is 34.9 Å². The van der Waals surface area contributed by atoms with Crippen molar-refractivity contribution in [3.63, 3.8) is 0 Å². The van der Waals surface area contributed by atoms with Crippen LogP contribution in [0.4, 0.5) is 0 Å². The highest BCUT2D eigenvalue weighted by atomic mass is 79.9. The molecule has 0 radical (unpaired) electrons. The summed E-state index contributed by atoms with van der Waals surface area (Å²) in [7, 11) is 0. The summed E-state index contributed by atoms with van der Waals surface area (Å²) in [4.78, 5) is 29.1. The third kappa shape index (κ3) is 9.25. The van der Waals surface area contributed by atoms with Gasteiger partial charge in [-0.2, -0.15) is 0 Å². The Balaban J connectivity index is 1.95. The van der Waals surface area contributed by atoms with Crippen molar-refractivity contribution in [3.05, 3.63) is 97.9 Å². The fourth-order valence-electron chi connectivity index (χ4n) is 4.15. The van der Waals surface area contributed by atoms with Gasteiger partial charge in [0.2, 0.25) is 5.91 Å². The van der Waals surface area contributed by atoms with Crippen molar-refractivity contribution in [2.24, 2.45) is 0 Å². The molecule has 1 N–H and O–H groups in total. The van der Waals surface area contributed by atoms with Crippen LogP contribution in [-0.2, 0) is 28.0 Å². The van der Waals surface area contributed by atoms with Crippen LogP contribution in [0.3, 0.4) is 0 Å². The summed E-state index contributed by atoms with van der Waals surface area (Å²) in [5, 5.41) is 3.85. The van der Waals surface area contributed by atoms with Crippen LogP contribution in [0.2, 0.25) is 10.0 Å². The Morgan fingerprint density at radius 2 is 1.57 bits per heavy atom. The average Bonchev–Trinajstić information content (AvgIpc) is 2.86. The van der Waals surface area contributed by atoms with E-state index in [1.807, 2.05) is 69.3 Å². The minimum atomic E-state index is -0.793. The molecule has 8 heteroatoms. The molecule has 5 nitrogen and oxygen atoms in total. The Morgan fingerprint density at radius 3 is 2.15 bits per heavy atom. The molecule has 0 aliphatic rings. The number of amides is 2. The summed E-state index contributed by atoms with van der Waals surface area (Å²) in [5.74, 6) is -0.0297. The largest absolute Gasteiger partial charge is 0.483 e. The lowest BCUT2D eigenvalue weighted by Gasteiger charge is -2.34. The molecule has 214 valence electrons. The Morgan fingerprint density at radius 1 is 0.900 bits per heavy atom. The van der Waals surface area contributed by atoms with E-state index < -0.39 is 11.6 Å². The number of rotatable bonds is 9. The topological polar surface area (TPSA) is 58.6 Å². The molecule has 3 rings (SSSR count). The normalized spacial score (nSPS) is 12.5. The first kappa shape index (κ1) is 32.0. The van der Waals surface area contributed by atoms with Gasteiger partial charge in [-0.05, 0) is 83.1 Å². The van der Waals surface area contributed by atoms with Gasteiger partial charge >= 0.3 is 0 Å². The summed E-state index contributed by atoms with van der Waals surface area (Å²) >= 11 is 16.0. The molecule has 2 amide bonds. The van der Waals surface area contributed by atoms with Gasteiger partial charge in [0.25, 0.3) is 5.91 Å². The average molecular weight is 648 g/mol. The maximum absolute atomic E-state index is 13.9. The molecule has 40 heavy (non-hydrogen) atoms. The summed E-state index contributed by atoms with van der Waals surface area (Å²) < 4.78 is 6.75. The predicted molar refractivity (Wildman–Crippen MR) is 167 cm³/mol. The Labute approximate surface area is 256 Å². The smallest absolute Gasteiger partial charge is 0.261 e. The number of hydrogen-bond donors (Lipinski definition) is 1. The number of halogens is 3. The first-order chi connectivity index (χ1) is 18.6. The van der Waals surface area contributed by atoms with Crippen molar-refractivity contribution in [2.75, 3.05) is 6.61 Å². The van der Waals surface area contributed by atoms with E-state index in [1.54, 1.807) is 23.1 Å². The molecule has 0 unspecified atom stereocenters. The van der Waals surface area contributed by atoms with Crippen molar-refractivity contribution in [2.45, 2.75) is 71.5 Å². The molecule has 1 atom stereocenters. The van der Waals surface area contributed by atoms with Crippen LogP contribution in [0.1, 0.15) is 58.2 Å². The molecule has 3 aromatic carbocycles. The minimum absolute atomic E-state index is 0.0292. The van der Waals surface area contributed by atoms with Gasteiger partial charge in [-0.15, -0.1) is 0 Å². The summed E-state index contributed by atoms with van der Waals surface area (Å²) in [6.07, 6.45) is 0.333. The lowest BCUT2D eigenvalue weighted by atomic mass is 9.87. The second kappa shape index (κ2) is 13.4. The molecule has 0 fully saturated rings. The summed E-state index contributed by atoms with van der Waals surface area (Å²) in [6, 6.07) is 19.9. The fraction of sp³-hybridized carbons (Fsp3) is 0.375. The van der Waals surface area contributed by atoms with Gasteiger partial charge in [0.05, 0.1) is 14.5 Å². The van der Waals surface area contributed by atoms with Crippen molar-refractivity contribution < 1.29 is 14.3 Å². The van der Waals surface area contributed by atoms with Crippen LogP contribution in [0, 0.1) is 0 Å². The Kier molecular flexibility index (Phi) is 10.7. The van der Waals surface area contributed by atoms with Crippen LogP contribution < -0.4 is 10.1 Å². The monoisotopic (exact) mass is 646 g/mol. The van der Waals surface area contributed by atoms with E-state index in [4.69, 9.17) is 27.9 Å². The Hall–Kier alpha value is -2.54. The molecule has 0 aliphatic heterocycles. The van der Waals surface area contributed by atoms with E-state index in [9.17, 15) is 9.59 Å². The molecule has 0 saturated heterocycles. The number of nitrogens with zero attached hydrogens (tertiary/aromatic N) is 1. The SMILES string of the molecule is CC(C)(C)NC(=O)[C@H](Cc1ccccc1)N(Cc1ccc(Cl)c(Cl)c1)C(=O)COc1ccc(C(C)(C)C)cc1Br. The number of carbonyl (C=O) groups excluding carboxylic acids is 2. The van der Waals surface area contributed by atoms with Gasteiger partial charge in [0.15, 0.2) is 6.61 Å². The highest BCUT2D eigenvalue weighted by Crippen LogP contribution is 2.32. The second-order valence-electron chi connectivity index (χ2n) is 11.9. The van der Waals surface area contributed by atoms with Crippen molar-refractivity contribution in [1.29, 1.82) is 0 Å². The second-order valence-corrected chi connectivity index (χ2v) is 13.6. The van der Waals surface area contributed by atoms with E-state index in [0.717, 1.165) is 21.2 Å². The minimum Gasteiger partial charge on any atom is -0.483 e. The molecule has 0 spiro atoms. The third-order valence-electron chi connectivity index (χ3n) is 6.26. The van der Waals surface area contributed by atoms with E-state index in [-0.39, 0.29) is 30.4 Å². The zero-order valence-electron chi connectivity index (χ0n) is 23.9. The first-order valence-corrected chi connectivity index (χ1v) is 14.7. The molecule has 3 aromatic rings. The van der Waals surface area contributed by atoms with Crippen molar-refractivity contribution in [1.82, 2.24) is 10.2 Å². The zero-order chi connectivity index (χ0) is 29.7. The highest BCUT2D eigenvalue weighted by Gasteiger charge is 2.32. The molecule has 0 aromatic heterocycles. The van der Waals surface area contributed by atoms with Gasteiger partial charge in [0.1, 0.15) is 11.8 Å². The Bertz CT molecular complexity index is 1330. The number of hydrogen-bond acceptors (Lipinski definition) is 3. The fourth-order valence-corrected chi connectivity index (χ4v) is 4.96. The van der Waals surface area contributed by atoms with Gasteiger partial charge in [-0.25, -0.2) is 0 Å². The van der Waals surface area contributed by atoms with E-state index in [1.165, 1.54) is 0 Å². The number of nitrogens with one attached hydrogen (secondary N) is 1. The van der Waals surface area contributed by atoms with Crippen molar-refractivity contribution >= 4 is 50.9 Å². The first-order valence-electron chi connectivity index (χ1n) is 13.2. The van der Waals surface area contributed by atoms with Crippen LogP contribution >= 0.6 is 39.1 Å². The van der Waals surface area contributed by atoms with Crippen molar-refractivity contribution in [3.8, 4) is 5.75 Å². The van der Waals surface area contributed by atoms with Gasteiger partial charge in [-0.3, -0.25) is 9.59 Å². The molecule has 0 heterocycles. The highest BCUT2D eigenvalue weighted by molar-refractivity contribution is 9.10. The maximum atomic E-state index is 13.9. The number of benzene rings is 3. The quantitative estimate of drug-likeness (QED) is 0.256. The maximum Gasteiger partial charge on any atom is 0.261 e. The zero-order valence-corrected chi connectivity index (χ0v) is 27.0. The molecule has 0 saturated carbocycles. The lowest BCUT2D eigenvalue weighted by Crippen LogP contribution is -2.55. The summed E-state index contributed by atoms with van der Waals surface area (Å²) in [5.41, 5.74) is 2.31. The van der Waals surface area contributed by atoms with Crippen LogP contribution in [0.5, 0.6) is 5.75 Å². The number of ether oxygens (including phenoxy) is 1. The van der Waals surface area contributed by atoms with E-state index in [2.05, 4.69) is 42.0 Å². The van der Waals surface area contributed by atoms with Gasteiger partial charge < -0.3 is 15.0 Å². The standard InChI is InChI=1S/C32H37BrCl2N2O3/c1-31(2,3)23-13-15-28(24(33)18-23)40-20-29(38)37(19-22-12-14-25(34)26(35)16-22)27(30(39)36-32(4,5)6)17-21-10-8-7-9-11-21/h7-16,18,27H,17,19-20H2,1-6H3,(H,36,39)/t27-/m0/s1. The lowest BCUT2D eigenvalue weighted by molar-refractivity contribution is -0.143. The van der Waals surface area contributed by atoms with Gasteiger partial charge in [0, 0.05) is 18.5 Å². The molecular formula is C32H37BrCl2N2O3. The van der Waals surface area contributed by atoms with E-state index in [0.29, 0.717) is 22.2 Å². The number of carbonyl (C=O) groups is 2. The van der Waals surface area contributed by atoms with Crippen LogP contribution in [0.15, 0.2) is 71.2 Å². The van der Waals surface area contributed by atoms with E-state index >= 15 is 0 Å². The molecule has 0 aliphatic carbocycles. The van der Waals surface area contributed by atoms with Gasteiger partial charge in [-0.1, -0.05) is 86.4 Å². The van der Waals surface area contributed by atoms with Crippen LogP contribution in [0.25, 0.3) is 0 Å². The molecular weight excluding hydrogens is 611 g/mol.